The number of rotatable bonds is 3. The Labute approximate surface area is 128 Å². The van der Waals surface area contributed by atoms with E-state index >= 15 is 0 Å². The van der Waals surface area contributed by atoms with E-state index in [1.807, 2.05) is 30.3 Å². The van der Waals surface area contributed by atoms with Gasteiger partial charge in [-0.2, -0.15) is 0 Å². The normalized spacial score (nSPS) is 26.1. The number of fused-ring (bicyclic) bond motifs is 1. The Hall–Kier alpha value is -2.37. The number of nitrogens with zero attached hydrogens (tertiary/aromatic N) is 1. The van der Waals surface area contributed by atoms with Crippen LogP contribution in [0.4, 0.5) is 4.79 Å². The fourth-order valence-electron chi connectivity index (χ4n) is 3.05. The maximum absolute atomic E-state index is 12.3. The van der Waals surface area contributed by atoms with E-state index in [0.29, 0.717) is 12.8 Å². The van der Waals surface area contributed by atoms with Crippen molar-refractivity contribution in [3.8, 4) is 0 Å². The van der Waals surface area contributed by atoms with E-state index in [9.17, 15) is 14.4 Å². The number of esters is 1. The number of amides is 1. The molecule has 0 radical (unpaired) electrons. The zero-order chi connectivity index (χ0) is 15.7. The third-order valence-corrected chi connectivity index (χ3v) is 4.35. The zero-order valence-corrected chi connectivity index (χ0v) is 12.2. The van der Waals surface area contributed by atoms with Crippen molar-refractivity contribution >= 4 is 17.8 Å². The van der Waals surface area contributed by atoms with Gasteiger partial charge in [0, 0.05) is 12.0 Å². The minimum Gasteiger partial charge on any atom is -0.467 e. The number of carbonyl (C=O) groups is 3. The largest absolute Gasteiger partial charge is 0.467 e. The minimum absolute atomic E-state index is 0.107. The lowest BCUT2D eigenvalue weighted by atomic mass is 9.79. The Balaban J connectivity index is 1.72. The van der Waals surface area contributed by atoms with Crippen LogP contribution in [0.1, 0.15) is 18.4 Å². The van der Waals surface area contributed by atoms with Gasteiger partial charge in [0.05, 0.1) is 7.11 Å². The summed E-state index contributed by atoms with van der Waals surface area (Å²) in [7, 11) is 1.21. The molecule has 0 aromatic heterocycles. The van der Waals surface area contributed by atoms with Crippen molar-refractivity contribution in [1.82, 2.24) is 4.90 Å². The van der Waals surface area contributed by atoms with Crippen molar-refractivity contribution < 1.29 is 23.9 Å². The molecule has 1 saturated heterocycles. The molecule has 1 aliphatic carbocycles. The lowest BCUT2D eigenvalue weighted by Crippen LogP contribution is -2.48. The van der Waals surface area contributed by atoms with Gasteiger partial charge < -0.3 is 9.47 Å². The molecule has 3 unspecified atom stereocenters. The molecule has 6 nitrogen and oxygen atoms in total. The lowest BCUT2D eigenvalue weighted by molar-refractivity contribution is -0.148. The van der Waals surface area contributed by atoms with Crippen LogP contribution in [0.2, 0.25) is 0 Å². The van der Waals surface area contributed by atoms with E-state index in [1.165, 1.54) is 12.0 Å². The van der Waals surface area contributed by atoms with Gasteiger partial charge >= 0.3 is 12.1 Å². The summed E-state index contributed by atoms with van der Waals surface area (Å²) in [5.41, 5.74) is 0.848. The summed E-state index contributed by atoms with van der Waals surface area (Å²) in [6.07, 6.45) is 0.781. The van der Waals surface area contributed by atoms with Crippen LogP contribution < -0.4 is 0 Å². The second-order valence-corrected chi connectivity index (χ2v) is 5.53. The summed E-state index contributed by atoms with van der Waals surface area (Å²) < 4.78 is 9.93. The number of ketones is 1. The summed E-state index contributed by atoms with van der Waals surface area (Å²) in [5, 5.41) is 0. The van der Waals surface area contributed by atoms with Gasteiger partial charge in [0.15, 0.2) is 11.8 Å². The molecule has 1 amide bonds. The Bertz CT molecular complexity index is 600. The predicted octanol–water partition coefficient (Wildman–Crippen LogP) is 1.53. The van der Waals surface area contributed by atoms with Crippen molar-refractivity contribution in [2.24, 2.45) is 5.92 Å². The van der Waals surface area contributed by atoms with Crippen LogP contribution in [0.25, 0.3) is 0 Å². The van der Waals surface area contributed by atoms with Crippen LogP contribution in [0.5, 0.6) is 0 Å². The fourth-order valence-corrected chi connectivity index (χ4v) is 3.05. The molecule has 6 heteroatoms. The Morgan fingerprint density at radius 2 is 1.95 bits per heavy atom. The van der Waals surface area contributed by atoms with Crippen LogP contribution in [-0.2, 0) is 25.7 Å². The molecule has 1 aromatic rings. The minimum atomic E-state index is -1.16. The number of Topliss-reactive ketones (excluding diaryl/α,β-unsaturated/α-hetero) is 1. The monoisotopic (exact) mass is 303 g/mol. The van der Waals surface area contributed by atoms with Crippen molar-refractivity contribution in [1.29, 1.82) is 0 Å². The first-order chi connectivity index (χ1) is 10.6. The molecular formula is C16H17NO5. The predicted molar refractivity (Wildman–Crippen MR) is 75.8 cm³/mol. The fraction of sp³-hybridized carbons (Fsp3) is 0.438. The number of likely N-dealkylation sites (tertiary alicyclic amines) is 1. The molecule has 2 aliphatic rings. The molecule has 1 saturated carbocycles. The average molecular weight is 303 g/mol. The molecule has 1 aliphatic heterocycles. The van der Waals surface area contributed by atoms with Gasteiger partial charge in [-0.05, 0) is 18.4 Å². The zero-order valence-electron chi connectivity index (χ0n) is 12.2. The maximum Gasteiger partial charge on any atom is 0.411 e. The molecule has 22 heavy (non-hydrogen) atoms. The molecule has 0 N–H and O–H groups in total. The SMILES string of the molecule is COC(=O)C1C(=O)C2CCC2N1C(=O)OCc1ccccc1. The van der Waals surface area contributed by atoms with Crippen LogP contribution in [0.3, 0.4) is 0 Å². The van der Waals surface area contributed by atoms with Crippen LogP contribution in [-0.4, -0.2) is 41.9 Å². The highest BCUT2D eigenvalue weighted by Crippen LogP contribution is 2.42. The molecule has 3 rings (SSSR count). The average Bonchev–Trinajstić information content (AvgIpc) is 2.70. The van der Waals surface area contributed by atoms with Gasteiger partial charge in [-0.25, -0.2) is 9.59 Å². The highest BCUT2D eigenvalue weighted by Gasteiger charge is 2.58. The van der Waals surface area contributed by atoms with Crippen LogP contribution in [0.15, 0.2) is 30.3 Å². The Kier molecular flexibility index (Phi) is 3.83. The van der Waals surface area contributed by atoms with Gasteiger partial charge in [-0.1, -0.05) is 30.3 Å². The first-order valence-corrected chi connectivity index (χ1v) is 7.24. The maximum atomic E-state index is 12.3. The second-order valence-electron chi connectivity index (χ2n) is 5.53. The van der Waals surface area contributed by atoms with E-state index in [4.69, 9.17) is 4.74 Å². The van der Waals surface area contributed by atoms with Crippen LogP contribution in [0, 0.1) is 5.92 Å². The summed E-state index contributed by atoms with van der Waals surface area (Å²) >= 11 is 0. The van der Waals surface area contributed by atoms with E-state index in [2.05, 4.69) is 4.74 Å². The molecule has 116 valence electrons. The molecular weight excluding hydrogens is 286 g/mol. The van der Waals surface area contributed by atoms with Gasteiger partial charge in [0.2, 0.25) is 0 Å². The number of hydrogen-bond acceptors (Lipinski definition) is 5. The Morgan fingerprint density at radius 1 is 1.23 bits per heavy atom. The van der Waals surface area contributed by atoms with Gasteiger partial charge in [-0.3, -0.25) is 9.69 Å². The summed E-state index contributed by atoms with van der Waals surface area (Å²) in [6, 6.07) is 7.85. The lowest BCUT2D eigenvalue weighted by Gasteiger charge is -2.34. The van der Waals surface area contributed by atoms with E-state index in [-0.39, 0.29) is 24.3 Å². The molecule has 0 bridgehead atoms. The van der Waals surface area contributed by atoms with Crippen molar-refractivity contribution in [2.45, 2.75) is 31.5 Å². The topological polar surface area (TPSA) is 72.9 Å². The first-order valence-electron chi connectivity index (χ1n) is 7.24. The number of carbonyl (C=O) groups excluding carboxylic acids is 3. The molecule has 3 atom stereocenters. The summed E-state index contributed by atoms with van der Waals surface area (Å²) in [4.78, 5) is 37.6. The number of methoxy groups -OCH3 is 1. The van der Waals surface area contributed by atoms with Gasteiger partial charge in [0.25, 0.3) is 0 Å². The number of benzene rings is 1. The second kappa shape index (κ2) is 5.79. The van der Waals surface area contributed by atoms with Crippen molar-refractivity contribution in [3.05, 3.63) is 35.9 Å². The summed E-state index contributed by atoms with van der Waals surface area (Å²) in [5.74, 6) is -1.19. The highest BCUT2D eigenvalue weighted by atomic mass is 16.6. The van der Waals surface area contributed by atoms with E-state index < -0.39 is 18.1 Å². The summed E-state index contributed by atoms with van der Waals surface area (Å²) in [6.45, 7) is 0.107. The van der Waals surface area contributed by atoms with Gasteiger partial charge in [0.1, 0.15) is 6.61 Å². The smallest absolute Gasteiger partial charge is 0.411 e. The number of hydrogen-bond donors (Lipinski definition) is 0. The van der Waals surface area contributed by atoms with Crippen LogP contribution >= 0.6 is 0 Å². The third-order valence-electron chi connectivity index (χ3n) is 4.35. The molecule has 1 aromatic carbocycles. The Morgan fingerprint density at radius 3 is 2.55 bits per heavy atom. The number of ether oxygens (including phenoxy) is 2. The third kappa shape index (κ3) is 2.34. The molecule has 1 heterocycles. The van der Waals surface area contributed by atoms with E-state index in [0.717, 1.165) is 5.56 Å². The highest BCUT2D eigenvalue weighted by molar-refractivity contribution is 6.09. The van der Waals surface area contributed by atoms with Crippen molar-refractivity contribution in [2.75, 3.05) is 7.11 Å². The van der Waals surface area contributed by atoms with Gasteiger partial charge in [-0.15, -0.1) is 0 Å². The standard InChI is InChI=1S/C16H17NO5/c1-21-15(19)13-14(18)11-7-8-12(11)17(13)16(20)22-9-10-5-3-2-4-6-10/h2-6,11-13H,7-9H2,1H3. The quantitative estimate of drug-likeness (QED) is 0.625. The van der Waals surface area contributed by atoms with E-state index in [1.54, 1.807) is 0 Å². The first kappa shape index (κ1) is 14.6. The van der Waals surface area contributed by atoms with Crippen molar-refractivity contribution in [3.63, 3.8) is 0 Å². The molecule has 0 spiro atoms. The molecule has 2 fully saturated rings.